The van der Waals surface area contributed by atoms with Crippen molar-refractivity contribution in [2.45, 2.75) is 19.0 Å². The number of halogens is 1. The largest absolute Gasteiger partial charge is 0.272 e. The number of nitrogens with one attached hydrogen (secondary N) is 1. The van der Waals surface area contributed by atoms with E-state index in [1.165, 1.54) is 11.8 Å². The normalized spacial score (nSPS) is 11.4. The van der Waals surface area contributed by atoms with E-state index in [1.807, 2.05) is 97.3 Å². The highest BCUT2D eigenvalue weighted by atomic mass is 35.5. The quantitative estimate of drug-likeness (QED) is 0.217. The van der Waals surface area contributed by atoms with E-state index >= 15 is 0 Å². The number of nitrogens with zero attached hydrogens (tertiary/aromatic N) is 4. The lowest BCUT2D eigenvalue weighted by Crippen LogP contribution is -2.21. The number of aryl methyl sites for hydroxylation is 1. The Kier molecular flexibility index (Phi) is 7.22. The number of aromatic nitrogens is 3. The average Bonchev–Trinajstić information content (AvgIpc) is 3.26. The standard InChI is InChI=1S/C25H22ClN5OS/c1-17-8-14-22(15-9-17)31-24(20-10-12-21(26)13-11-20)29-30-25(31)33-16-23(32)28-27-18(2)19-6-4-3-5-7-19/h3-15H,16H2,1-2H3,(H,28,32)/b27-18-. The van der Waals surface area contributed by atoms with Crippen molar-refractivity contribution in [2.75, 3.05) is 5.75 Å². The van der Waals surface area contributed by atoms with Crippen molar-refractivity contribution in [1.29, 1.82) is 0 Å². The maximum atomic E-state index is 12.4. The molecule has 1 N–H and O–H groups in total. The van der Waals surface area contributed by atoms with Gasteiger partial charge in [0.15, 0.2) is 11.0 Å². The van der Waals surface area contributed by atoms with Gasteiger partial charge < -0.3 is 0 Å². The first-order valence-electron chi connectivity index (χ1n) is 10.3. The first-order chi connectivity index (χ1) is 16.0. The molecule has 3 aromatic carbocycles. The van der Waals surface area contributed by atoms with Gasteiger partial charge in [0, 0.05) is 16.3 Å². The summed E-state index contributed by atoms with van der Waals surface area (Å²) in [6.07, 6.45) is 0. The molecule has 0 atom stereocenters. The molecule has 0 radical (unpaired) electrons. The van der Waals surface area contributed by atoms with E-state index in [1.54, 1.807) is 0 Å². The minimum Gasteiger partial charge on any atom is -0.272 e. The predicted molar refractivity (Wildman–Crippen MR) is 134 cm³/mol. The molecule has 0 bridgehead atoms. The minimum absolute atomic E-state index is 0.149. The third kappa shape index (κ3) is 5.69. The van der Waals surface area contributed by atoms with Gasteiger partial charge in [0.05, 0.1) is 11.5 Å². The van der Waals surface area contributed by atoms with E-state index in [0.717, 1.165) is 28.1 Å². The zero-order valence-corrected chi connectivity index (χ0v) is 19.8. The van der Waals surface area contributed by atoms with E-state index in [9.17, 15) is 4.79 Å². The smallest absolute Gasteiger partial charge is 0.250 e. The number of carbonyl (C=O) groups is 1. The topological polar surface area (TPSA) is 72.2 Å². The first kappa shape index (κ1) is 22.8. The number of carbonyl (C=O) groups excluding carboxylic acids is 1. The van der Waals surface area contributed by atoms with Crippen molar-refractivity contribution in [1.82, 2.24) is 20.2 Å². The summed E-state index contributed by atoms with van der Waals surface area (Å²) in [5.74, 6) is 0.606. The fraction of sp³-hybridized carbons (Fsp3) is 0.120. The van der Waals surface area contributed by atoms with E-state index in [2.05, 4.69) is 20.7 Å². The summed E-state index contributed by atoms with van der Waals surface area (Å²) in [4.78, 5) is 12.4. The molecule has 1 heterocycles. The molecule has 1 amide bonds. The Morgan fingerprint density at radius 1 is 1.00 bits per heavy atom. The van der Waals surface area contributed by atoms with Crippen molar-refractivity contribution in [3.8, 4) is 17.1 Å². The molecule has 0 unspecified atom stereocenters. The molecule has 0 fully saturated rings. The molecule has 4 rings (SSSR count). The molecule has 166 valence electrons. The number of benzene rings is 3. The zero-order valence-electron chi connectivity index (χ0n) is 18.2. The van der Waals surface area contributed by atoms with Crippen LogP contribution in [0.3, 0.4) is 0 Å². The number of amides is 1. The number of thioether (sulfide) groups is 1. The van der Waals surface area contributed by atoms with Crippen molar-refractivity contribution >= 4 is 35.0 Å². The highest BCUT2D eigenvalue weighted by Crippen LogP contribution is 2.28. The van der Waals surface area contributed by atoms with Crippen LogP contribution in [0.4, 0.5) is 0 Å². The number of hydrazone groups is 1. The van der Waals surface area contributed by atoms with Gasteiger partial charge in [-0.2, -0.15) is 5.10 Å². The van der Waals surface area contributed by atoms with Crippen molar-refractivity contribution in [2.24, 2.45) is 5.10 Å². The lowest BCUT2D eigenvalue weighted by atomic mass is 10.1. The van der Waals surface area contributed by atoms with Gasteiger partial charge >= 0.3 is 0 Å². The molecule has 6 nitrogen and oxygen atoms in total. The van der Waals surface area contributed by atoms with Crippen molar-refractivity contribution < 1.29 is 4.79 Å². The van der Waals surface area contributed by atoms with Crippen LogP contribution in [0.15, 0.2) is 89.1 Å². The molecule has 1 aromatic heterocycles. The fourth-order valence-electron chi connectivity index (χ4n) is 3.13. The number of rotatable bonds is 7. The second-order valence-corrected chi connectivity index (χ2v) is 8.75. The zero-order chi connectivity index (χ0) is 23.2. The van der Waals surface area contributed by atoms with Gasteiger partial charge in [-0.1, -0.05) is 71.4 Å². The Hall–Kier alpha value is -3.42. The Bertz CT molecular complexity index is 1270. The lowest BCUT2D eigenvalue weighted by molar-refractivity contribution is -0.118. The summed E-state index contributed by atoms with van der Waals surface area (Å²) >= 11 is 7.35. The second-order valence-electron chi connectivity index (χ2n) is 7.37. The van der Waals surface area contributed by atoms with Crippen LogP contribution in [0.5, 0.6) is 0 Å². The molecule has 0 aliphatic heterocycles. The second kappa shape index (κ2) is 10.5. The average molecular weight is 476 g/mol. The third-order valence-electron chi connectivity index (χ3n) is 4.90. The third-order valence-corrected chi connectivity index (χ3v) is 6.08. The molecule has 0 spiro atoms. The van der Waals surface area contributed by atoms with Gasteiger partial charge in [0.1, 0.15) is 0 Å². The van der Waals surface area contributed by atoms with Crippen LogP contribution in [0, 0.1) is 6.92 Å². The summed E-state index contributed by atoms with van der Waals surface area (Å²) in [7, 11) is 0. The summed E-state index contributed by atoms with van der Waals surface area (Å²) in [6.45, 7) is 3.89. The van der Waals surface area contributed by atoms with Crippen LogP contribution in [-0.4, -0.2) is 32.1 Å². The van der Waals surface area contributed by atoms with E-state index in [0.29, 0.717) is 16.0 Å². The molecule has 0 aliphatic carbocycles. The number of hydrogen-bond acceptors (Lipinski definition) is 5. The van der Waals surface area contributed by atoms with Crippen molar-refractivity contribution in [3.63, 3.8) is 0 Å². The van der Waals surface area contributed by atoms with Gasteiger partial charge in [-0.3, -0.25) is 9.36 Å². The van der Waals surface area contributed by atoms with E-state index in [-0.39, 0.29) is 11.7 Å². The van der Waals surface area contributed by atoms with Crippen LogP contribution in [-0.2, 0) is 4.79 Å². The SMILES string of the molecule is C/C(=N/NC(=O)CSc1nnc(-c2ccc(Cl)cc2)n1-c1ccc(C)cc1)c1ccccc1. The maximum Gasteiger partial charge on any atom is 0.250 e. The van der Waals surface area contributed by atoms with Crippen LogP contribution in [0.1, 0.15) is 18.1 Å². The summed E-state index contributed by atoms with van der Waals surface area (Å²) in [6, 6.07) is 25.2. The summed E-state index contributed by atoms with van der Waals surface area (Å²) < 4.78 is 1.94. The van der Waals surface area contributed by atoms with Gasteiger partial charge in [0.25, 0.3) is 5.91 Å². The summed E-state index contributed by atoms with van der Waals surface area (Å²) in [5, 5.41) is 14.2. The Morgan fingerprint density at radius 2 is 1.70 bits per heavy atom. The minimum atomic E-state index is -0.221. The van der Waals surface area contributed by atoms with Gasteiger partial charge in [-0.15, -0.1) is 10.2 Å². The number of hydrogen-bond donors (Lipinski definition) is 1. The molecule has 33 heavy (non-hydrogen) atoms. The van der Waals surface area contributed by atoms with Gasteiger partial charge in [-0.05, 0) is 55.8 Å². The van der Waals surface area contributed by atoms with Crippen molar-refractivity contribution in [3.05, 3.63) is 95.0 Å². The maximum absolute atomic E-state index is 12.4. The summed E-state index contributed by atoms with van der Waals surface area (Å²) in [5.41, 5.74) is 7.26. The van der Waals surface area contributed by atoms with Crippen LogP contribution < -0.4 is 5.43 Å². The molecule has 0 aliphatic rings. The Morgan fingerprint density at radius 3 is 2.39 bits per heavy atom. The van der Waals surface area contributed by atoms with E-state index in [4.69, 9.17) is 11.6 Å². The Labute approximate surface area is 201 Å². The first-order valence-corrected chi connectivity index (χ1v) is 11.7. The van der Waals surface area contributed by atoms with Crippen LogP contribution in [0.25, 0.3) is 17.1 Å². The molecule has 8 heteroatoms. The highest BCUT2D eigenvalue weighted by Gasteiger charge is 2.17. The van der Waals surface area contributed by atoms with Gasteiger partial charge in [-0.25, -0.2) is 5.43 Å². The van der Waals surface area contributed by atoms with E-state index < -0.39 is 0 Å². The molecule has 4 aromatic rings. The molecular weight excluding hydrogens is 454 g/mol. The predicted octanol–water partition coefficient (Wildman–Crippen LogP) is 5.53. The molecular formula is C25H22ClN5OS. The molecule has 0 saturated heterocycles. The lowest BCUT2D eigenvalue weighted by Gasteiger charge is -2.11. The highest BCUT2D eigenvalue weighted by molar-refractivity contribution is 7.99. The van der Waals surface area contributed by atoms with Crippen LogP contribution >= 0.6 is 23.4 Å². The Balaban J connectivity index is 1.54. The van der Waals surface area contributed by atoms with Crippen LogP contribution in [0.2, 0.25) is 5.02 Å². The molecule has 0 saturated carbocycles. The fourth-order valence-corrected chi connectivity index (χ4v) is 4.00. The monoisotopic (exact) mass is 475 g/mol. The van der Waals surface area contributed by atoms with Gasteiger partial charge in [0.2, 0.25) is 0 Å².